The van der Waals surface area contributed by atoms with Gasteiger partial charge in [0, 0.05) is 18.2 Å². The molecule has 1 rings (SSSR count). The minimum Gasteiger partial charge on any atom is -0.303 e. The Labute approximate surface area is 85.1 Å². The normalized spacial score (nSPS) is 13.1. The molecule has 0 radical (unpaired) electrons. The summed E-state index contributed by atoms with van der Waals surface area (Å²) in [6, 6.07) is 2.43. The van der Waals surface area contributed by atoms with Crippen LogP contribution in [0, 0.1) is 5.92 Å². The molecule has 0 saturated heterocycles. The maximum absolute atomic E-state index is 10.4. The van der Waals surface area contributed by atoms with Gasteiger partial charge in [0.25, 0.3) is 0 Å². The van der Waals surface area contributed by atoms with Crippen LogP contribution in [0.25, 0.3) is 0 Å². The summed E-state index contributed by atoms with van der Waals surface area (Å²) in [6.07, 6.45) is 4.77. The lowest BCUT2D eigenvalue weighted by Gasteiger charge is -2.04. The highest BCUT2D eigenvalue weighted by molar-refractivity contribution is 5.52. The quantitative estimate of drug-likeness (QED) is 0.674. The first kappa shape index (κ1) is 11.0. The molecule has 0 aliphatic heterocycles. The first-order valence-corrected chi connectivity index (χ1v) is 5.12. The number of aryl methyl sites for hydroxylation is 1. The zero-order valence-electron chi connectivity index (χ0n) is 9.10. The molecule has 0 spiro atoms. The fourth-order valence-electron chi connectivity index (χ4n) is 1.24. The molecule has 0 saturated carbocycles. The average Bonchev–Trinajstić information content (AvgIpc) is 2.62. The molecule has 14 heavy (non-hydrogen) atoms. The van der Waals surface area contributed by atoms with Crippen LogP contribution in [-0.4, -0.2) is 16.1 Å². The van der Waals surface area contributed by atoms with Crippen LogP contribution in [0.4, 0.5) is 0 Å². The molecule has 0 bridgehead atoms. The number of hydrogen-bond donors (Lipinski definition) is 0. The predicted molar refractivity (Wildman–Crippen MR) is 56.2 cm³/mol. The van der Waals surface area contributed by atoms with Gasteiger partial charge in [-0.3, -0.25) is 4.68 Å². The van der Waals surface area contributed by atoms with E-state index in [9.17, 15) is 4.79 Å². The number of carbonyl (C=O) groups is 1. The van der Waals surface area contributed by atoms with Crippen molar-refractivity contribution in [1.82, 2.24) is 9.78 Å². The number of aldehydes is 1. The highest BCUT2D eigenvalue weighted by atomic mass is 16.1. The molecule has 3 heteroatoms. The van der Waals surface area contributed by atoms with E-state index in [1.807, 2.05) is 23.9 Å². The van der Waals surface area contributed by atoms with Gasteiger partial charge < -0.3 is 4.79 Å². The van der Waals surface area contributed by atoms with E-state index < -0.39 is 0 Å². The summed E-state index contributed by atoms with van der Waals surface area (Å²) in [7, 11) is 0. The first-order valence-electron chi connectivity index (χ1n) is 5.12. The number of rotatable bonds is 5. The van der Waals surface area contributed by atoms with E-state index in [4.69, 9.17) is 0 Å². The van der Waals surface area contributed by atoms with Crippen LogP contribution in [0.5, 0.6) is 0 Å². The number of carbonyl (C=O) groups excluding carboxylic acids is 1. The number of hydrogen-bond acceptors (Lipinski definition) is 2. The van der Waals surface area contributed by atoms with Gasteiger partial charge in [0.2, 0.25) is 0 Å². The summed E-state index contributed by atoms with van der Waals surface area (Å²) in [5.74, 6) is 0.138. The molecular formula is C11H18N2O. The van der Waals surface area contributed by atoms with Crippen molar-refractivity contribution in [1.29, 1.82) is 0 Å². The van der Waals surface area contributed by atoms with Gasteiger partial charge in [-0.2, -0.15) is 5.10 Å². The Morgan fingerprint density at radius 1 is 1.50 bits per heavy atom. The van der Waals surface area contributed by atoms with Crippen LogP contribution in [-0.2, 0) is 11.2 Å². The Morgan fingerprint density at radius 3 is 2.71 bits per heavy atom. The number of nitrogens with zero attached hydrogens (tertiary/aromatic N) is 2. The van der Waals surface area contributed by atoms with E-state index in [1.54, 1.807) is 0 Å². The van der Waals surface area contributed by atoms with Crippen molar-refractivity contribution < 1.29 is 4.79 Å². The highest BCUT2D eigenvalue weighted by Crippen LogP contribution is 2.08. The van der Waals surface area contributed by atoms with Gasteiger partial charge in [-0.05, 0) is 32.8 Å². The smallest absolute Gasteiger partial charge is 0.122 e. The molecular weight excluding hydrogens is 176 g/mol. The fourth-order valence-corrected chi connectivity index (χ4v) is 1.24. The maximum Gasteiger partial charge on any atom is 0.122 e. The molecule has 0 fully saturated rings. The third-order valence-corrected chi connectivity index (χ3v) is 2.28. The SMILES string of the molecule is CC(C=O)CCc1ccn(C(C)C)n1. The number of aromatic nitrogens is 2. The van der Waals surface area contributed by atoms with E-state index in [0.717, 1.165) is 24.8 Å². The van der Waals surface area contributed by atoms with Gasteiger partial charge in [-0.15, -0.1) is 0 Å². The van der Waals surface area contributed by atoms with Crippen LogP contribution in [0.1, 0.15) is 38.9 Å². The second kappa shape index (κ2) is 4.94. The summed E-state index contributed by atoms with van der Waals surface area (Å²) in [5.41, 5.74) is 1.08. The maximum atomic E-state index is 10.4. The van der Waals surface area contributed by atoms with E-state index in [0.29, 0.717) is 6.04 Å². The van der Waals surface area contributed by atoms with Crippen molar-refractivity contribution >= 4 is 6.29 Å². The van der Waals surface area contributed by atoms with Gasteiger partial charge >= 0.3 is 0 Å². The van der Waals surface area contributed by atoms with E-state index >= 15 is 0 Å². The van der Waals surface area contributed by atoms with Crippen molar-refractivity contribution in [2.45, 2.75) is 39.7 Å². The molecule has 0 aliphatic carbocycles. The van der Waals surface area contributed by atoms with Crippen molar-refractivity contribution in [3.63, 3.8) is 0 Å². The van der Waals surface area contributed by atoms with E-state index in [2.05, 4.69) is 18.9 Å². The van der Waals surface area contributed by atoms with Gasteiger partial charge in [0.15, 0.2) is 0 Å². The molecule has 1 unspecified atom stereocenters. The largest absolute Gasteiger partial charge is 0.303 e. The summed E-state index contributed by atoms with van der Waals surface area (Å²) < 4.78 is 1.95. The molecule has 0 amide bonds. The minimum absolute atomic E-state index is 0.138. The Bertz CT molecular complexity index is 291. The predicted octanol–water partition coefficient (Wildman–Crippen LogP) is 2.23. The molecule has 1 heterocycles. The molecule has 0 N–H and O–H groups in total. The molecule has 1 aromatic rings. The summed E-state index contributed by atoms with van der Waals surface area (Å²) in [6.45, 7) is 6.14. The van der Waals surface area contributed by atoms with Gasteiger partial charge in [-0.25, -0.2) is 0 Å². The standard InChI is InChI=1S/C11H18N2O/c1-9(2)13-7-6-11(12-13)5-4-10(3)8-14/h6-10H,4-5H2,1-3H3. The summed E-state index contributed by atoms with van der Waals surface area (Å²) in [4.78, 5) is 10.4. The highest BCUT2D eigenvalue weighted by Gasteiger charge is 2.04. The van der Waals surface area contributed by atoms with E-state index in [1.165, 1.54) is 0 Å². The zero-order valence-corrected chi connectivity index (χ0v) is 9.10. The van der Waals surface area contributed by atoms with Crippen molar-refractivity contribution in [3.05, 3.63) is 18.0 Å². The summed E-state index contributed by atoms with van der Waals surface area (Å²) in [5, 5.41) is 4.42. The lowest BCUT2D eigenvalue weighted by atomic mass is 10.1. The van der Waals surface area contributed by atoms with Crippen LogP contribution in [0.3, 0.4) is 0 Å². The molecule has 78 valence electrons. The Balaban J connectivity index is 2.47. The summed E-state index contributed by atoms with van der Waals surface area (Å²) >= 11 is 0. The minimum atomic E-state index is 0.138. The van der Waals surface area contributed by atoms with Crippen LogP contribution < -0.4 is 0 Å². The molecule has 0 aromatic carbocycles. The van der Waals surface area contributed by atoms with E-state index in [-0.39, 0.29) is 5.92 Å². The molecule has 3 nitrogen and oxygen atoms in total. The molecule has 1 atom stereocenters. The van der Waals surface area contributed by atoms with Crippen LogP contribution >= 0.6 is 0 Å². The Kier molecular flexibility index (Phi) is 3.86. The van der Waals surface area contributed by atoms with Gasteiger partial charge in [0.1, 0.15) is 6.29 Å². The first-order chi connectivity index (χ1) is 6.63. The van der Waals surface area contributed by atoms with Crippen LogP contribution in [0.15, 0.2) is 12.3 Å². The third-order valence-electron chi connectivity index (χ3n) is 2.28. The Morgan fingerprint density at radius 2 is 2.21 bits per heavy atom. The van der Waals surface area contributed by atoms with Crippen molar-refractivity contribution in [2.75, 3.05) is 0 Å². The fraction of sp³-hybridized carbons (Fsp3) is 0.636. The average molecular weight is 194 g/mol. The van der Waals surface area contributed by atoms with Gasteiger partial charge in [-0.1, -0.05) is 6.92 Å². The topological polar surface area (TPSA) is 34.9 Å². The lowest BCUT2D eigenvalue weighted by Crippen LogP contribution is -2.03. The van der Waals surface area contributed by atoms with Crippen LogP contribution in [0.2, 0.25) is 0 Å². The lowest BCUT2D eigenvalue weighted by molar-refractivity contribution is -0.110. The molecule has 0 aliphatic rings. The van der Waals surface area contributed by atoms with Crippen molar-refractivity contribution in [2.24, 2.45) is 5.92 Å². The Hall–Kier alpha value is -1.12. The van der Waals surface area contributed by atoms with Gasteiger partial charge in [0.05, 0.1) is 5.69 Å². The second-order valence-corrected chi connectivity index (χ2v) is 4.03. The third kappa shape index (κ3) is 2.98. The monoisotopic (exact) mass is 194 g/mol. The molecule has 1 aromatic heterocycles. The zero-order chi connectivity index (χ0) is 10.6. The van der Waals surface area contributed by atoms with Crippen molar-refractivity contribution in [3.8, 4) is 0 Å². The second-order valence-electron chi connectivity index (χ2n) is 4.03.